The summed E-state index contributed by atoms with van der Waals surface area (Å²) in [5.74, 6) is -0.520. The largest absolute Gasteiger partial charge is 0.452 e. The molecule has 0 spiro atoms. The van der Waals surface area contributed by atoms with Gasteiger partial charge in [-0.05, 0) is 25.1 Å². The van der Waals surface area contributed by atoms with Crippen molar-refractivity contribution >= 4 is 5.97 Å². The highest BCUT2D eigenvalue weighted by atomic mass is 16.6. The van der Waals surface area contributed by atoms with Crippen molar-refractivity contribution in [1.82, 2.24) is 5.32 Å². The number of piperidine rings is 1. The zero-order valence-corrected chi connectivity index (χ0v) is 11.3. The zero-order valence-electron chi connectivity index (χ0n) is 11.3. The van der Waals surface area contributed by atoms with Gasteiger partial charge in [0, 0.05) is 12.8 Å². The Labute approximate surface area is 113 Å². The number of esters is 1. The van der Waals surface area contributed by atoms with Gasteiger partial charge in [-0.25, -0.2) is 4.79 Å². The third-order valence-electron chi connectivity index (χ3n) is 3.67. The quantitative estimate of drug-likeness (QED) is 0.810. The van der Waals surface area contributed by atoms with Crippen LogP contribution >= 0.6 is 0 Å². The first-order valence-electron chi connectivity index (χ1n) is 6.85. The second-order valence-corrected chi connectivity index (χ2v) is 4.96. The summed E-state index contributed by atoms with van der Waals surface area (Å²) < 4.78 is 5.69. The number of carbonyl (C=O) groups is 1. The van der Waals surface area contributed by atoms with Gasteiger partial charge in [-0.2, -0.15) is 0 Å². The van der Waals surface area contributed by atoms with Crippen molar-refractivity contribution in [3.8, 4) is 0 Å². The Hall–Kier alpha value is -1.39. The van der Waals surface area contributed by atoms with E-state index < -0.39 is 17.7 Å². The minimum Gasteiger partial charge on any atom is -0.452 e. The van der Waals surface area contributed by atoms with E-state index in [9.17, 15) is 9.90 Å². The first kappa shape index (κ1) is 14.0. The van der Waals surface area contributed by atoms with E-state index >= 15 is 0 Å². The Morgan fingerprint density at radius 2 is 2.00 bits per heavy atom. The zero-order chi connectivity index (χ0) is 13.7. The van der Waals surface area contributed by atoms with Gasteiger partial charge in [0.1, 0.15) is 5.60 Å². The van der Waals surface area contributed by atoms with Crippen LogP contribution in [0.25, 0.3) is 0 Å². The van der Waals surface area contributed by atoms with Crippen LogP contribution in [0.1, 0.15) is 31.7 Å². The molecule has 1 saturated heterocycles. The highest BCUT2D eigenvalue weighted by molar-refractivity contribution is 5.75. The molecule has 0 radical (unpaired) electrons. The van der Waals surface area contributed by atoms with Crippen LogP contribution in [-0.4, -0.2) is 30.3 Å². The topological polar surface area (TPSA) is 58.6 Å². The molecule has 1 aromatic rings. The Balaban J connectivity index is 2.23. The van der Waals surface area contributed by atoms with Crippen LogP contribution in [-0.2, 0) is 15.1 Å². The number of benzene rings is 1. The van der Waals surface area contributed by atoms with Gasteiger partial charge in [0.25, 0.3) is 0 Å². The first-order valence-corrected chi connectivity index (χ1v) is 6.85. The molecular formula is C15H21NO3. The summed E-state index contributed by atoms with van der Waals surface area (Å²) in [5, 5.41) is 12.9. The summed E-state index contributed by atoms with van der Waals surface area (Å²) in [6, 6.07) is 9.81. The maximum absolute atomic E-state index is 11.9. The summed E-state index contributed by atoms with van der Waals surface area (Å²) in [4.78, 5) is 11.9. The van der Waals surface area contributed by atoms with E-state index in [1.165, 1.54) is 0 Å². The van der Waals surface area contributed by atoms with Crippen molar-refractivity contribution in [2.45, 2.75) is 37.9 Å². The summed E-state index contributed by atoms with van der Waals surface area (Å²) in [5.41, 5.74) is 0.410. The molecule has 1 aliphatic rings. The summed E-state index contributed by atoms with van der Waals surface area (Å²) in [6.07, 6.45) is 0.816. The minimum atomic E-state index is -1.03. The molecule has 1 atom stereocenters. The van der Waals surface area contributed by atoms with Gasteiger partial charge in [-0.1, -0.05) is 37.3 Å². The van der Waals surface area contributed by atoms with Crippen LogP contribution in [0.3, 0.4) is 0 Å². The Morgan fingerprint density at radius 3 is 2.58 bits per heavy atom. The molecule has 1 heterocycles. The lowest BCUT2D eigenvalue weighted by Crippen LogP contribution is -2.44. The molecule has 0 amide bonds. The molecule has 0 aliphatic carbocycles. The highest BCUT2D eigenvalue weighted by Gasteiger charge is 2.38. The average molecular weight is 263 g/mol. The van der Waals surface area contributed by atoms with Crippen LogP contribution < -0.4 is 5.32 Å². The van der Waals surface area contributed by atoms with Crippen LogP contribution in [0.5, 0.6) is 0 Å². The summed E-state index contributed by atoms with van der Waals surface area (Å²) in [7, 11) is 0. The number of carbonyl (C=O) groups excluding carboxylic acids is 1. The average Bonchev–Trinajstić information content (AvgIpc) is 2.48. The van der Waals surface area contributed by atoms with E-state index in [2.05, 4.69) is 5.32 Å². The maximum Gasteiger partial charge on any atom is 0.335 e. The van der Waals surface area contributed by atoms with Crippen molar-refractivity contribution in [1.29, 1.82) is 0 Å². The minimum absolute atomic E-state index is 0.377. The molecule has 1 fully saturated rings. The van der Waals surface area contributed by atoms with Crippen LogP contribution in [0.2, 0.25) is 0 Å². The highest BCUT2D eigenvalue weighted by Crippen LogP contribution is 2.35. The van der Waals surface area contributed by atoms with Crippen molar-refractivity contribution in [3.63, 3.8) is 0 Å². The molecule has 1 unspecified atom stereocenters. The number of hydrogen-bond acceptors (Lipinski definition) is 4. The molecule has 104 valence electrons. The van der Waals surface area contributed by atoms with Crippen molar-refractivity contribution < 1.29 is 14.6 Å². The van der Waals surface area contributed by atoms with Crippen LogP contribution in [0.4, 0.5) is 0 Å². The smallest absolute Gasteiger partial charge is 0.335 e. The fraction of sp³-hybridized carbons (Fsp3) is 0.533. The van der Waals surface area contributed by atoms with E-state index in [-0.39, 0.29) is 0 Å². The number of aliphatic hydroxyl groups is 1. The second-order valence-electron chi connectivity index (χ2n) is 4.96. The lowest BCUT2D eigenvalue weighted by Gasteiger charge is -2.38. The van der Waals surface area contributed by atoms with Gasteiger partial charge in [-0.3, -0.25) is 0 Å². The molecule has 4 heteroatoms. The molecule has 0 saturated carbocycles. The molecule has 0 aromatic heterocycles. The molecule has 0 bridgehead atoms. The predicted molar refractivity (Wildman–Crippen MR) is 72.6 cm³/mol. The fourth-order valence-electron chi connectivity index (χ4n) is 2.45. The molecule has 1 aliphatic heterocycles. The normalized spacial score (nSPS) is 19.7. The third-order valence-corrected chi connectivity index (χ3v) is 3.67. The van der Waals surface area contributed by atoms with Crippen LogP contribution in [0.15, 0.2) is 30.3 Å². The van der Waals surface area contributed by atoms with E-state index in [1.807, 2.05) is 30.3 Å². The first-order chi connectivity index (χ1) is 9.18. The van der Waals surface area contributed by atoms with Gasteiger partial charge in [0.05, 0.1) is 0 Å². The van der Waals surface area contributed by atoms with E-state index in [0.29, 0.717) is 6.42 Å². The third kappa shape index (κ3) is 3.14. The molecule has 19 heavy (non-hydrogen) atoms. The molecule has 4 nitrogen and oxygen atoms in total. The fourth-order valence-corrected chi connectivity index (χ4v) is 2.45. The van der Waals surface area contributed by atoms with Crippen molar-refractivity contribution in [2.75, 3.05) is 13.1 Å². The lowest BCUT2D eigenvalue weighted by molar-refractivity contribution is -0.174. The molecule has 2 N–H and O–H groups in total. The Bertz CT molecular complexity index is 413. The Morgan fingerprint density at radius 1 is 1.37 bits per heavy atom. The number of hydrogen-bond donors (Lipinski definition) is 2. The molecule has 2 rings (SSSR count). The van der Waals surface area contributed by atoms with E-state index in [4.69, 9.17) is 4.74 Å². The monoisotopic (exact) mass is 263 g/mol. The predicted octanol–water partition coefficient (Wildman–Crippen LogP) is 1.58. The van der Waals surface area contributed by atoms with Gasteiger partial charge >= 0.3 is 5.97 Å². The summed E-state index contributed by atoms with van der Waals surface area (Å²) >= 11 is 0. The standard InChI is InChI=1S/C15H21NO3/c1-2-13(17)14(18)19-15(8-10-16-11-9-15)12-6-4-3-5-7-12/h3-7,13,16-17H,2,8-11H2,1H3. The number of rotatable bonds is 4. The number of ether oxygens (including phenoxy) is 1. The molecular weight excluding hydrogens is 242 g/mol. The molecule has 1 aromatic carbocycles. The van der Waals surface area contributed by atoms with Gasteiger partial charge in [-0.15, -0.1) is 0 Å². The van der Waals surface area contributed by atoms with Crippen LogP contribution in [0, 0.1) is 0 Å². The van der Waals surface area contributed by atoms with Gasteiger partial charge < -0.3 is 15.2 Å². The van der Waals surface area contributed by atoms with E-state index in [1.54, 1.807) is 6.92 Å². The SMILES string of the molecule is CCC(O)C(=O)OC1(c2ccccc2)CCNCC1. The number of aliphatic hydroxyl groups excluding tert-OH is 1. The summed E-state index contributed by atoms with van der Waals surface area (Å²) in [6.45, 7) is 3.39. The maximum atomic E-state index is 11.9. The van der Waals surface area contributed by atoms with Crippen molar-refractivity contribution in [3.05, 3.63) is 35.9 Å². The Kier molecular flexibility index (Phi) is 4.56. The second kappa shape index (κ2) is 6.17. The van der Waals surface area contributed by atoms with Gasteiger partial charge in [0.15, 0.2) is 6.10 Å². The lowest BCUT2D eigenvalue weighted by atomic mass is 9.84. The number of nitrogens with one attached hydrogen (secondary N) is 1. The van der Waals surface area contributed by atoms with Gasteiger partial charge in [0.2, 0.25) is 0 Å². The van der Waals surface area contributed by atoms with E-state index in [0.717, 1.165) is 31.5 Å². The van der Waals surface area contributed by atoms with Crippen molar-refractivity contribution in [2.24, 2.45) is 0 Å².